The van der Waals surface area contributed by atoms with Crippen LogP contribution in [0.5, 0.6) is 0 Å². The van der Waals surface area contributed by atoms with E-state index in [-0.39, 0.29) is 11.0 Å². The van der Waals surface area contributed by atoms with Crippen molar-refractivity contribution in [3.63, 3.8) is 0 Å². The maximum atomic E-state index is 3.63. The second-order valence-electron chi connectivity index (χ2n) is 7.40. The van der Waals surface area contributed by atoms with E-state index in [9.17, 15) is 0 Å². The van der Waals surface area contributed by atoms with Gasteiger partial charge in [0.15, 0.2) is 0 Å². The number of fused-ring (bicyclic) bond motifs is 1. The zero-order valence-corrected chi connectivity index (χ0v) is 12.5. The third kappa shape index (κ3) is 2.54. The van der Waals surface area contributed by atoms with E-state index in [0.29, 0.717) is 6.04 Å². The van der Waals surface area contributed by atoms with Crippen molar-refractivity contribution in [2.45, 2.75) is 59.5 Å². The number of anilines is 1. The van der Waals surface area contributed by atoms with E-state index >= 15 is 0 Å². The van der Waals surface area contributed by atoms with Gasteiger partial charge in [-0.1, -0.05) is 39.0 Å². The van der Waals surface area contributed by atoms with Crippen molar-refractivity contribution in [1.82, 2.24) is 5.01 Å². The molecule has 0 aliphatic carbocycles. The first-order valence-electron chi connectivity index (χ1n) is 6.83. The smallest absolute Gasteiger partial charge is 0.0523 e. The molecule has 1 atom stereocenters. The van der Waals surface area contributed by atoms with Crippen LogP contribution in [0.3, 0.4) is 0 Å². The van der Waals surface area contributed by atoms with Crippen LogP contribution in [0.4, 0.5) is 5.69 Å². The topological polar surface area (TPSA) is 15.3 Å². The van der Waals surface area contributed by atoms with Gasteiger partial charge in [-0.2, -0.15) is 0 Å². The summed E-state index contributed by atoms with van der Waals surface area (Å²) in [7, 11) is 0. The lowest BCUT2D eigenvalue weighted by atomic mass is 9.79. The van der Waals surface area contributed by atoms with Gasteiger partial charge in [0, 0.05) is 11.6 Å². The second-order valence-corrected chi connectivity index (χ2v) is 7.40. The molecule has 18 heavy (non-hydrogen) atoms. The average Bonchev–Trinajstić information content (AvgIpc) is 2.25. The van der Waals surface area contributed by atoms with E-state index in [2.05, 4.69) is 76.2 Å². The first kappa shape index (κ1) is 13.4. The average molecular weight is 246 g/mol. The minimum atomic E-state index is 0.117. The van der Waals surface area contributed by atoms with Crippen LogP contribution in [0, 0.1) is 5.41 Å². The van der Waals surface area contributed by atoms with Gasteiger partial charge in [0.2, 0.25) is 0 Å². The predicted molar refractivity (Wildman–Crippen MR) is 78.6 cm³/mol. The number of hydrazine groups is 1. The summed E-state index contributed by atoms with van der Waals surface area (Å²) in [5.74, 6) is 0. The Bertz CT molecular complexity index is 382. The normalized spacial score (nSPS) is 21.3. The van der Waals surface area contributed by atoms with Crippen LogP contribution >= 0.6 is 0 Å². The molecule has 0 saturated heterocycles. The molecule has 2 nitrogen and oxygen atoms in total. The lowest BCUT2D eigenvalue weighted by Gasteiger charge is -2.50. The highest BCUT2D eigenvalue weighted by Gasteiger charge is 2.39. The summed E-state index contributed by atoms with van der Waals surface area (Å²) in [5.41, 5.74) is 6.69. The Balaban J connectivity index is 2.40. The molecule has 0 spiro atoms. The van der Waals surface area contributed by atoms with Crippen molar-refractivity contribution in [3.05, 3.63) is 29.8 Å². The van der Waals surface area contributed by atoms with Gasteiger partial charge >= 0.3 is 0 Å². The summed E-state index contributed by atoms with van der Waals surface area (Å²) in [6.45, 7) is 13.8. The number of benzene rings is 1. The predicted octanol–water partition coefficient (Wildman–Crippen LogP) is 4.08. The molecule has 2 heteroatoms. The Labute approximate surface area is 111 Å². The summed E-state index contributed by atoms with van der Waals surface area (Å²) in [5, 5.41) is 2.43. The first-order chi connectivity index (χ1) is 8.19. The Morgan fingerprint density at radius 3 is 2.22 bits per heavy atom. The maximum absolute atomic E-state index is 3.63. The van der Waals surface area contributed by atoms with Gasteiger partial charge in [-0.3, -0.25) is 0 Å². The number of nitrogens with one attached hydrogen (secondary N) is 1. The van der Waals surface area contributed by atoms with Crippen molar-refractivity contribution >= 4 is 5.69 Å². The highest BCUT2D eigenvalue weighted by Crippen LogP contribution is 2.37. The van der Waals surface area contributed by atoms with Crippen LogP contribution in [0.25, 0.3) is 0 Å². The largest absolute Gasteiger partial charge is 0.318 e. The molecule has 2 rings (SSSR count). The zero-order valence-electron chi connectivity index (χ0n) is 12.5. The van der Waals surface area contributed by atoms with Crippen molar-refractivity contribution < 1.29 is 0 Å². The van der Waals surface area contributed by atoms with Gasteiger partial charge in [-0.15, -0.1) is 0 Å². The van der Waals surface area contributed by atoms with Gasteiger partial charge in [-0.05, 0) is 44.2 Å². The molecule has 0 radical (unpaired) electrons. The number of hydrogen-bond donors (Lipinski definition) is 1. The molecule has 0 aromatic heterocycles. The fourth-order valence-electron chi connectivity index (χ4n) is 2.64. The van der Waals surface area contributed by atoms with E-state index in [4.69, 9.17) is 0 Å². The van der Waals surface area contributed by atoms with Crippen LogP contribution in [0.2, 0.25) is 0 Å². The monoisotopic (exact) mass is 246 g/mol. The molecule has 1 aromatic carbocycles. The summed E-state index contributed by atoms with van der Waals surface area (Å²) >= 11 is 0. The Morgan fingerprint density at radius 1 is 1.06 bits per heavy atom. The highest BCUT2D eigenvalue weighted by atomic mass is 15.6. The van der Waals surface area contributed by atoms with Gasteiger partial charge in [-0.25, -0.2) is 5.01 Å². The van der Waals surface area contributed by atoms with Crippen molar-refractivity contribution in [2.24, 2.45) is 5.41 Å². The summed E-state index contributed by atoms with van der Waals surface area (Å²) < 4.78 is 0. The molecule has 1 unspecified atom stereocenters. The Hall–Kier alpha value is -1.02. The minimum absolute atomic E-state index is 0.117. The summed E-state index contributed by atoms with van der Waals surface area (Å²) in [4.78, 5) is 0. The minimum Gasteiger partial charge on any atom is -0.318 e. The van der Waals surface area contributed by atoms with Gasteiger partial charge in [0.05, 0.1) is 5.69 Å². The highest BCUT2D eigenvalue weighted by molar-refractivity contribution is 5.53. The summed E-state index contributed by atoms with van der Waals surface area (Å²) in [6.07, 6.45) is 1.12. The van der Waals surface area contributed by atoms with E-state index in [1.807, 2.05) is 0 Å². The molecule has 0 saturated carbocycles. The van der Waals surface area contributed by atoms with Crippen molar-refractivity contribution in [2.75, 3.05) is 5.43 Å². The molecule has 1 aromatic rings. The van der Waals surface area contributed by atoms with E-state index in [1.54, 1.807) is 0 Å². The van der Waals surface area contributed by atoms with Crippen LogP contribution in [-0.4, -0.2) is 16.6 Å². The van der Waals surface area contributed by atoms with Gasteiger partial charge < -0.3 is 5.43 Å². The third-order valence-electron chi connectivity index (χ3n) is 3.71. The number of hydrogen-bond acceptors (Lipinski definition) is 2. The van der Waals surface area contributed by atoms with Crippen LogP contribution in [-0.2, 0) is 6.42 Å². The summed E-state index contributed by atoms with van der Waals surface area (Å²) in [6, 6.07) is 9.15. The number of nitrogens with zero attached hydrogens (tertiary/aromatic N) is 1. The zero-order chi connectivity index (χ0) is 13.6. The molecular formula is C16H26N2. The molecule has 0 fully saturated rings. The third-order valence-corrected chi connectivity index (χ3v) is 3.71. The molecule has 0 amide bonds. The fraction of sp³-hybridized carbons (Fsp3) is 0.625. The molecule has 1 aliphatic heterocycles. The standard InChI is InChI=1S/C16H26N2/c1-15(2,3)14-11-12-9-7-8-10-13(12)17-18(14)16(4,5)6/h7-10,14,17H,11H2,1-6H3. The van der Waals surface area contributed by atoms with E-state index < -0.39 is 0 Å². The van der Waals surface area contributed by atoms with Crippen LogP contribution in [0.1, 0.15) is 47.1 Å². The quantitative estimate of drug-likeness (QED) is 0.742. The number of rotatable bonds is 0. The first-order valence-corrected chi connectivity index (χ1v) is 6.83. The lowest BCUT2D eigenvalue weighted by Crippen LogP contribution is -2.58. The fourth-order valence-corrected chi connectivity index (χ4v) is 2.64. The Kier molecular flexibility index (Phi) is 3.18. The van der Waals surface area contributed by atoms with Gasteiger partial charge in [0.25, 0.3) is 0 Å². The SMILES string of the molecule is CC(C)(C)C1Cc2ccccc2NN1C(C)(C)C. The maximum Gasteiger partial charge on any atom is 0.0523 e. The Morgan fingerprint density at radius 2 is 1.67 bits per heavy atom. The van der Waals surface area contributed by atoms with Crippen molar-refractivity contribution in [1.29, 1.82) is 0 Å². The van der Waals surface area contributed by atoms with Crippen LogP contribution < -0.4 is 5.43 Å². The van der Waals surface area contributed by atoms with Crippen molar-refractivity contribution in [3.8, 4) is 0 Å². The molecule has 1 aliphatic rings. The molecule has 1 N–H and O–H groups in total. The molecule has 1 heterocycles. The van der Waals surface area contributed by atoms with Gasteiger partial charge in [0.1, 0.15) is 0 Å². The molecule has 0 bridgehead atoms. The van der Waals surface area contributed by atoms with E-state index in [1.165, 1.54) is 11.3 Å². The second kappa shape index (κ2) is 4.27. The lowest BCUT2D eigenvalue weighted by molar-refractivity contribution is 0.0408. The number of para-hydroxylation sites is 1. The van der Waals surface area contributed by atoms with Crippen LogP contribution in [0.15, 0.2) is 24.3 Å². The molecule has 100 valence electrons. The van der Waals surface area contributed by atoms with E-state index in [0.717, 1.165) is 6.42 Å². The molecular weight excluding hydrogens is 220 g/mol.